The Balaban J connectivity index is 0.00000220. The SMILES string of the molecule is CCOc1ccccc1CCNC(=O)CNCC1CC1.Cl. The molecule has 1 amide bonds. The highest BCUT2D eigenvalue weighted by Crippen LogP contribution is 2.27. The molecule has 0 spiro atoms. The highest BCUT2D eigenvalue weighted by atomic mass is 35.5. The molecular weight excluding hydrogens is 288 g/mol. The molecule has 4 nitrogen and oxygen atoms in total. The van der Waals surface area contributed by atoms with Crippen molar-refractivity contribution in [2.75, 3.05) is 26.2 Å². The number of carbonyl (C=O) groups excluding carboxylic acids is 1. The van der Waals surface area contributed by atoms with Crippen LogP contribution in [0.3, 0.4) is 0 Å². The van der Waals surface area contributed by atoms with Gasteiger partial charge in [0.25, 0.3) is 0 Å². The molecule has 0 radical (unpaired) electrons. The second-order valence-electron chi connectivity index (χ2n) is 5.21. The average Bonchev–Trinajstić information content (AvgIpc) is 3.25. The van der Waals surface area contributed by atoms with Gasteiger partial charge in [0.15, 0.2) is 0 Å². The second kappa shape index (κ2) is 9.64. The van der Waals surface area contributed by atoms with Gasteiger partial charge in [0.1, 0.15) is 5.75 Å². The molecule has 1 aromatic carbocycles. The number of nitrogens with one attached hydrogen (secondary N) is 2. The van der Waals surface area contributed by atoms with E-state index < -0.39 is 0 Å². The lowest BCUT2D eigenvalue weighted by Crippen LogP contribution is -2.35. The lowest BCUT2D eigenvalue weighted by molar-refractivity contribution is -0.120. The molecule has 2 rings (SSSR count). The molecule has 1 aromatic rings. The van der Waals surface area contributed by atoms with E-state index in [2.05, 4.69) is 10.6 Å². The number of ether oxygens (including phenoxy) is 1. The maximum atomic E-state index is 11.6. The fraction of sp³-hybridized carbons (Fsp3) is 0.562. The summed E-state index contributed by atoms with van der Waals surface area (Å²) in [5, 5.41) is 6.13. The van der Waals surface area contributed by atoms with Crippen LogP contribution in [0.1, 0.15) is 25.3 Å². The van der Waals surface area contributed by atoms with Crippen molar-refractivity contribution in [3.05, 3.63) is 29.8 Å². The molecule has 1 fully saturated rings. The maximum absolute atomic E-state index is 11.6. The Labute approximate surface area is 133 Å². The first-order valence-electron chi connectivity index (χ1n) is 7.47. The van der Waals surface area contributed by atoms with Gasteiger partial charge in [-0.3, -0.25) is 4.79 Å². The largest absolute Gasteiger partial charge is 0.494 e. The molecule has 5 heteroatoms. The van der Waals surface area contributed by atoms with Crippen molar-refractivity contribution in [1.82, 2.24) is 10.6 Å². The minimum atomic E-state index is 0. The van der Waals surface area contributed by atoms with Crippen molar-refractivity contribution in [3.63, 3.8) is 0 Å². The summed E-state index contributed by atoms with van der Waals surface area (Å²) in [7, 11) is 0. The summed E-state index contributed by atoms with van der Waals surface area (Å²) in [6.07, 6.45) is 3.41. The Morgan fingerprint density at radius 1 is 1.33 bits per heavy atom. The summed E-state index contributed by atoms with van der Waals surface area (Å²) in [5.74, 6) is 1.79. The fourth-order valence-electron chi connectivity index (χ4n) is 2.12. The molecule has 0 saturated heterocycles. The van der Waals surface area contributed by atoms with Gasteiger partial charge in [0, 0.05) is 6.54 Å². The number of carbonyl (C=O) groups is 1. The van der Waals surface area contributed by atoms with Crippen LogP contribution in [0.4, 0.5) is 0 Å². The maximum Gasteiger partial charge on any atom is 0.233 e. The predicted octanol–water partition coefficient (Wildman–Crippen LogP) is 2.17. The minimum absolute atomic E-state index is 0. The van der Waals surface area contributed by atoms with Crippen LogP contribution in [0.15, 0.2) is 24.3 Å². The zero-order valence-electron chi connectivity index (χ0n) is 12.6. The predicted molar refractivity (Wildman–Crippen MR) is 87.2 cm³/mol. The van der Waals surface area contributed by atoms with Gasteiger partial charge in [-0.15, -0.1) is 12.4 Å². The first kappa shape index (κ1) is 17.8. The third-order valence-electron chi connectivity index (χ3n) is 3.40. The van der Waals surface area contributed by atoms with Crippen LogP contribution < -0.4 is 15.4 Å². The Kier molecular flexibility index (Phi) is 8.16. The van der Waals surface area contributed by atoms with Gasteiger partial charge in [0.05, 0.1) is 13.2 Å². The zero-order valence-corrected chi connectivity index (χ0v) is 13.4. The summed E-state index contributed by atoms with van der Waals surface area (Å²) in [6, 6.07) is 7.98. The summed E-state index contributed by atoms with van der Waals surface area (Å²) in [4.78, 5) is 11.6. The molecule has 1 saturated carbocycles. The second-order valence-corrected chi connectivity index (χ2v) is 5.21. The van der Waals surface area contributed by atoms with E-state index >= 15 is 0 Å². The van der Waals surface area contributed by atoms with Crippen molar-refractivity contribution >= 4 is 18.3 Å². The third-order valence-corrected chi connectivity index (χ3v) is 3.40. The van der Waals surface area contributed by atoms with E-state index in [0.717, 1.165) is 30.2 Å². The van der Waals surface area contributed by atoms with Crippen molar-refractivity contribution in [3.8, 4) is 5.75 Å². The highest BCUT2D eigenvalue weighted by Gasteiger charge is 2.20. The molecule has 0 aromatic heterocycles. The monoisotopic (exact) mass is 312 g/mol. The molecule has 0 atom stereocenters. The number of hydrogen-bond donors (Lipinski definition) is 2. The van der Waals surface area contributed by atoms with Gasteiger partial charge in [-0.1, -0.05) is 18.2 Å². The van der Waals surface area contributed by atoms with Crippen LogP contribution in [-0.2, 0) is 11.2 Å². The number of para-hydroxylation sites is 1. The topological polar surface area (TPSA) is 50.4 Å². The van der Waals surface area contributed by atoms with E-state index in [1.807, 2.05) is 31.2 Å². The molecule has 1 aliphatic carbocycles. The van der Waals surface area contributed by atoms with Crippen molar-refractivity contribution in [2.45, 2.75) is 26.2 Å². The number of amides is 1. The summed E-state index contributed by atoms with van der Waals surface area (Å²) < 4.78 is 5.57. The Morgan fingerprint density at radius 3 is 2.81 bits per heavy atom. The van der Waals surface area contributed by atoms with Gasteiger partial charge in [-0.2, -0.15) is 0 Å². The van der Waals surface area contributed by atoms with Crippen LogP contribution in [0.25, 0.3) is 0 Å². The van der Waals surface area contributed by atoms with Crippen LogP contribution in [-0.4, -0.2) is 32.1 Å². The van der Waals surface area contributed by atoms with Gasteiger partial charge < -0.3 is 15.4 Å². The molecule has 118 valence electrons. The van der Waals surface area contributed by atoms with Crippen LogP contribution in [0.5, 0.6) is 5.75 Å². The van der Waals surface area contributed by atoms with Crippen molar-refractivity contribution < 1.29 is 9.53 Å². The molecule has 0 heterocycles. The van der Waals surface area contributed by atoms with Gasteiger partial charge >= 0.3 is 0 Å². The van der Waals surface area contributed by atoms with Crippen molar-refractivity contribution in [1.29, 1.82) is 0 Å². The van der Waals surface area contributed by atoms with Crippen molar-refractivity contribution in [2.24, 2.45) is 5.92 Å². The molecule has 0 unspecified atom stereocenters. The molecule has 21 heavy (non-hydrogen) atoms. The van der Waals surface area contributed by atoms with Gasteiger partial charge in [0.2, 0.25) is 5.91 Å². The first-order valence-corrected chi connectivity index (χ1v) is 7.47. The number of benzene rings is 1. The van der Waals surface area contributed by atoms with E-state index in [4.69, 9.17) is 4.74 Å². The Hall–Kier alpha value is -1.26. The van der Waals surface area contributed by atoms with Gasteiger partial charge in [-0.05, 0) is 50.3 Å². The smallest absolute Gasteiger partial charge is 0.233 e. The highest BCUT2D eigenvalue weighted by molar-refractivity contribution is 5.85. The normalized spacial score (nSPS) is 13.4. The summed E-state index contributed by atoms with van der Waals surface area (Å²) in [6.45, 7) is 4.68. The van der Waals surface area contributed by atoms with E-state index in [0.29, 0.717) is 19.7 Å². The van der Waals surface area contributed by atoms with Crippen LogP contribution in [0, 0.1) is 5.92 Å². The van der Waals surface area contributed by atoms with Crippen LogP contribution in [0.2, 0.25) is 0 Å². The van der Waals surface area contributed by atoms with E-state index in [1.54, 1.807) is 0 Å². The first-order chi connectivity index (χ1) is 9.79. The molecule has 0 bridgehead atoms. The molecule has 2 N–H and O–H groups in total. The van der Waals surface area contributed by atoms with E-state index in [-0.39, 0.29) is 18.3 Å². The van der Waals surface area contributed by atoms with Crippen LogP contribution >= 0.6 is 12.4 Å². The summed E-state index contributed by atoms with van der Waals surface area (Å²) in [5.41, 5.74) is 1.14. The summed E-state index contributed by atoms with van der Waals surface area (Å²) >= 11 is 0. The van der Waals surface area contributed by atoms with Gasteiger partial charge in [-0.25, -0.2) is 0 Å². The number of hydrogen-bond acceptors (Lipinski definition) is 3. The lowest BCUT2D eigenvalue weighted by Gasteiger charge is -2.10. The number of rotatable bonds is 9. The lowest BCUT2D eigenvalue weighted by atomic mass is 10.1. The fourth-order valence-corrected chi connectivity index (χ4v) is 2.12. The van der Waals surface area contributed by atoms with E-state index in [9.17, 15) is 4.79 Å². The average molecular weight is 313 g/mol. The number of halogens is 1. The quantitative estimate of drug-likeness (QED) is 0.735. The molecule has 0 aliphatic heterocycles. The standard InChI is InChI=1S/C16H24N2O2.ClH/c1-2-20-15-6-4-3-5-14(15)9-10-18-16(19)12-17-11-13-7-8-13;/h3-6,13,17H,2,7-12H2,1H3,(H,18,19);1H. The Morgan fingerprint density at radius 2 is 2.10 bits per heavy atom. The van der Waals surface area contributed by atoms with E-state index in [1.165, 1.54) is 12.8 Å². The minimum Gasteiger partial charge on any atom is -0.494 e. The third kappa shape index (κ3) is 6.82. The Bertz CT molecular complexity index is 436. The molecular formula is C16H25ClN2O2. The molecule has 1 aliphatic rings. The zero-order chi connectivity index (χ0) is 14.2.